The molecule has 1 aromatic rings. The predicted molar refractivity (Wildman–Crippen MR) is 93.1 cm³/mol. The van der Waals surface area contributed by atoms with E-state index in [0.29, 0.717) is 6.61 Å². The Labute approximate surface area is 143 Å². The molecule has 3 heterocycles. The van der Waals surface area contributed by atoms with Crippen LogP contribution in [0.1, 0.15) is 31.2 Å². The Morgan fingerprint density at radius 3 is 2.65 bits per heavy atom. The quantitative estimate of drug-likeness (QED) is 0.809. The highest BCUT2D eigenvalue weighted by atomic mass is 32.2. The van der Waals surface area contributed by atoms with Crippen LogP contribution < -0.4 is 0 Å². The van der Waals surface area contributed by atoms with Crippen LogP contribution in [-0.2, 0) is 21.3 Å². The fourth-order valence-electron chi connectivity index (χ4n) is 4.25. The number of hydrogen-bond donors (Lipinski definition) is 0. The van der Waals surface area contributed by atoms with E-state index in [1.54, 1.807) is 22.8 Å². The highest BCUT2D eigenvalue weighted by Gasteiger charge is 2.51. The first-order valence-corrected chi connectivity index (χ1v) is 11.0. The molecule has 130 valence electrons. The normalized spacial score (nSPS) is 26.1. The van der Waals surface area contributed by atoms with Gasteiger partial charge < -0.3 is 4.74 Å². The van der Waals surface area contributed by atoms with Crippen LogP contribution in [0.4, 0.5) is 0 Å². The zero-order valence-electron chi connectivity index (χ0n) is 13.9. The molecule has 7 heteroatoms. The van der Waals surface area contributed by atoms with Crippen LogP contribution in [0, 0.1) is 0 Å². The van der Waals surface area contributed by atoms with E-state index in [1.807, 2.05) is 0 Å². The van der Waals surface area contributed by atoms with Crippen LogP contribution >= 0.6 is 11.3 Å². The standard InChI is InChI=1S/C16H26N2O3S2/c1-21-12-15-3-5-16(18(15)23(2,19)20)6-8-17(9-7-16)11-14-4-10-22-13-14/h4,10,13,15H,3,5-9,11-12H2,1-2H3. The molecular formula is C16H26N2O3S2. The minimum Gasteiger partial charge on any atom is -0.383 e. The molecule has 2 aliphatic heterocycles. The van der Waals surface area contributed by atoms with Crippen molar-refractivity contribution in [3.8, 4) is 0 Å². The van der Waals surface area contributed by atoms with Gasteiger partial charge in [-0.25, -0.2) is 8.42 Å². The lowest BCUT2D eigenvalue weighted by atomic mass is 9.86. The Kier molecular flexibility index (Phi) is 5.13. The van der Waals surface area contributed by atoms with Crippen LogP contribution in [-0.4, -0.2) is 62.3 Å². The summed E-state index contributed by atoms with van der Waals surface area (Å²) in [4.78, 5) is 2.44. The summed E-state index contributed by atoms with van der Waals surface area (Å²) in [7, 11) is -1.57. The lowest BCUT2D eigenvalue weighted by Crippen LogP contribution is -2.56. The maximum Gasteiger partial charge on any atom is 0.212 e. The third-order valence-corrected chi connectivity index (χ3v) is 7.36. The van der Waals surface area contributed by atoms with Crippen molar-refractivity contribution in [3.05, 3.63) is 22.4 Å². The van der Waals surface area contributed by atoms with Gasteiger partial charge in [0.2, 0.25) is 10.0 Å². The molecule has 2 saturated heterocycles. The summed E-state index contributed by atoms with van der Waals surface area (Å²) < 4.78 is 31.8. The second kappa shape index (κ2) is 6.80. The topological polar surface area (TPSA) is 49.9 Å². The summed E-state index contributed by atoms with van der Waals surface area (Å²) in [6.07, 6.45) is 5.06. The Balaban J connectivity index is 1.70. The molecule has 1 spiro atoms. The monoisotopic (exact) mass is 358 g/mol. The molecule has 1 aromatic heterocycles. The summed E-state index contributed by atoms with van der Waals surface area (Å²) in [6.45, 7) is 3.39. The van der Waals surface area contributed by atoms with Gasteiger partial charge in [0, 0.05) is 38.3 Å². The maximum absolute atomic E-state index is 12.4. The molecule has 1 atom stereocenters. The summed E-state index contributed by atoms with van der Waals surface area (Å²) in [5.74, 6) is 0. The minimum atomic E-state index is -3.21. The van der Waals surface area contributed by atoms with Crippen molar-refractivity contribution in [3.63, 3.8) is 0 Å². The zero-order chi connectivity index (χ0) is 16.5. The molecule has 0 saturated carbocycles. The number of ether oxygens (including phenoxy) is 1. The first-order valence-electron chi connectivity index (χ1n) is 8.16. The van der Waals surface area contributed by atoms with Gasteiger partial charge in [0.05, 0.1) is 12.9 Å². The van der Waals surface area contributed by atoms with Crippen molar-refractivity contribution in [2.45, 2.75) is 43.8 Å². The maximum atomic E-state index is 12.4. The fourth-order valence-corrected chi connectivity index (χ4v) is 6.60. The average molecular weight is 359 g/mol. The first-order chi connectivity index (χ1) is 10.9. The van der Waals surface area contributed by atoms with Crippen LogP contribution in [0.2, 0.25) is 0 Å². The van der Waals surface area contributed by atoms with Gasteiger partial charge in [-0.3, -0.25) is 4.90 Å². The van der Waals surface area contributed by atoms with Crippen molar-refractivity contribution in [1.82, 2.24) is 9.21 Å². The molecule has 0 radical (unpaired) electrons. The molecule has 0 N–H and O–H groups in total. The number of methoxy groups -OCH3 is 1. The van der Waals surface area contributed by atoms with Gasteiger partial charge in [-0.15, -0.1) is 0 Å². The van der Waals surface area contributed by atoms with E-state index >= 15 is 0 Å². The van der Waals surface area contributed by atoms with Gasteiger partial charge in [0.25, 0.3) is 0 Å². The van der Waals surface area contributed by atoms with Gasteiger partial charge in [-0.1, -0.05) is 0 Å². The summed E-state index contributed by atoms with van der Waals surface area (Å²) >= 11 is 1.73. The summed E-state index contributed by atoms with van der Waals surface area (Å²) in [6, 6.07) is 2.17. The van der Waals surface area contributed by atoms with Crippen LogP contribution in [0.5, 0.6) is 0 Å². The van der Waals surface area contributed by atoms with Crippen molar-refractivity contribution in [2.24, 2.45) is 0 Å². The number of hydrogen-bond acceptors (Lipinski definition) is 5. The fraction of sp³-hybridized carbons (Fsp3) is 0.750. The van der Waals surface area contributed by atoms with E-state index in [4.69, 9.17) is 4.74 Å². The highest BCUT2D eigenvalue weighted by molar-refractivity contribution is 7.88. The first kappa shape index (κ1) is 17.4. The molecule has 1 unspecified atom stereocenters. The Hall–Kier alpha value is -0.470. The third kappa shape index (κ3) is 3.64. The van der Waals surface area contributed by atoms with Crippen LogP contribution in [0.15, 0.2) is 16.8 Å². The number of nitrogens with zero attached hydrogens (tertiary/aromatic N) is 2. The number of piperidine rings is 1. The molecule has 5 nitrogen and oxygen atoms in total. The van der Waals surface area contributed by atoms with E-state index in [9.17, 15) is 8.42 Å². The molecule has 0 aliphatic carbocycles. The largest absolute Gasteiger partial charge is 0.383 e. The van der Waals surface area contributed by atoms with Crippen molar-refractivity contribution in [2.75, 3.05) is 33.1 Å². The third-order valence-electron chi connectivity index (χ3n) is 5.23. The van der Waals surface area contributed by atoms with E-state index in [-0.39, 0.29) is 11.6 Å². The van der Waals surface area contributed by atoms with Gasteiger partial charge >= 0.3 is 0 Å². The van der Waals surface area contributed by atoms with Crippen molar-refractivity contribution < 1.29 is 13.2 Å². The highest BCUT2D eigenvalue weighted by Crippen LogP contribution is 2.43. The Bertz CT molecular complexity index is 607. The lowest BCUT2D eigenvalue weighted by Gasteiger charge is -2.45. The molecule has 3 rings (SSSR count). The summed E-state index contributed by atoms with van der Waals surface area (Å²) in [5, 5.41) is 4.30. The predicted octanol–water partition coefficient (Wildman–Crippen LogP) is 2.15. The second-order valence-corrected chi connectivity index (χ2v) is 9.48. The number of rotatable bonds is 5. The number of sulfonamides is 1. The second-order valence-electron chi connectivity index (χ2n) is 6.84. The Morgan fingerprint density at radius 2 is 2.09 bits per heavy atom. The SMILES string of the molecule is COCC1CCC2(CCN(Cc3ccsc3)CC2)N1S(C)(=O)=O. The van der Waals surface area contributed by atoms with E-state index in [0.717, 1.165) is 45.3 Å². The molecule has 23 heavy (non-hydrogen) atoms. The van der Waals surface area contributed by atoms with Gasteiger partial charge in [0.15, 0.2) is 0 Å². The molecule has 2 fully saturated rings. The van der Waals surface area contributed by atoms with Crippen molar-refractivity contribution >= 4 is 21.4 Å². The number of likely N-dealkylation sites (tertiary alicyclic amines) is 1. The molecule has 2 aliphatic rings. The van der Waals surface area contributed by atoms with Gasteiger partial charge in [0.1, 0.15) is 0 Å². The number of thiophene rings is 1. The van der Waals surface area contributed by atoms with Crippen LogP contribution in [0.3, 0.4) is 0 Å². The van der Waals surface area contributed by atoms with E-state index in [2.05, 4.69) is 21.7 Å². The van der Waals surface area contributed by atoms with Gasteiger partial charge in [-0.05, 0) is 48.1 Å². The molecule has 0 bridgehead atoms. The average Bonchev–Trinajstić information content (AvgIpc) is 3.10. The zero-order valence-corrected chi connectivity index (χ0v) is 15.5. The van der Waals surface area contributed by atoms with E-state index in [1.165, 1.54) is 11.8 Å². The van der Waals surface area contributed by atoms with Gasteiger partial charge in [-0.2, -0.15) is 15.6 Å². The van der Waals surface area contributed by atoms with Crippen LogP contribution in [0.25, 0.3) is 0 Å². The molecule has 0 amide bonds. The van der Waals surface area contributed by atoms with Crippen molar-refractivity contribution in [1.29, 1.82) is 0 Å². The minimum absolute atomic E-state index is 0.00146. The lowest BCUT2D eigenvalue weighted by molar-refractivity contribution is 0.0658. The van der Waals surface area contributed by atoms with E-state index < -0.39 is 10.0 Å². The summed E-state index contributed by atoms with van der Waals surface area (Å²) in [5.41, 5.74) is 1.16. The molecular weight excluding hydrogens is 332 g/mol. The smallest absolute Gasteiger partial charge is 0.212 e. The molecule has 0 aromatic carbocycles. The Morgan fingerprint density at radius 1 is 1.35 bits per heavy atom.